The van der Waals surface area contributed by atoms with Crippen LogP contribution < -0.4 is 10.7 Å². The molecule has 0 radical (unpaired) electrons. The van der Waals surface area contributed by atoms with E-state index < -0.39 is 0 Å². The minimum atomic E-state index is -0.314. The summed E-state index contributed by atoms with van der Waals surface area (Å²) < 4.78 is 0. The van der Waals surface area contributed by atoms with Crippen molar-refractivity contribution in [2.75, 3.05) is 5.32 Å². The van der Waals surface area contributed by atoms with E-state index in [0.29, 0.717) is 10.7 Å². The van der Waals surface area contributed by atoms with Gasteiger partial charge in [0.1, 0.15) is 0 Å². The van der Waals surface area contributed by atoms with E-state index in [-0.39, 0.29) is 24.7 Å². The van der Waals surface area contributed by atoms with Crippen LogP contribution in [-0.4, -0.2) is 18.0 Å². The number of halogens is 1. The van der Waals surface area contributed by atoms with Crippen LogP contribution in [0.5, 0.6) is 0 Å². The summed E-state index contributed by atoms with van der Waals surface area (Å²) in [5, 5.41) is 6.99. The summed E-state index contributed by atoms with van der Waals surface area (Å²) in [6.07, 6.45) is 7.66. The van der Waals surface area contributed by atoms with Crippen molar-refractivity contribution in [1.82, 2.24) is 5.43 Å². The van der Waals surface area contributed by atoms with E-state index in [9.17, 15) is 9.59 Å². The van der Waals surface area contributed by atoms with Gasteiger partial charge in [-0.1, -0.05) is 41.0 Å². The molecule has 5 nitrogen and oxygen atoms in total. The van der Waals surface area contributed by atoms with Crippen LogP contribution in [0.15, 0.2) is 52.7 Å². The molecule has 0 aromatic heterocycles. The molecule has 1 rings (SSSR count). The fraction of sp³-hybridized carbons (Fsp3) is 0.350. The van der Waals surface area contributed by atoms with Crippen molar-refractivity contribution in [3.05, 3.63) is 52.6 Å². The summed E-state index contributed by atoms with van der Waals surface area (Å²) in [7, 11) is 0. The molecule has 140 valence electrons. The average molecular weight is 376 g/mol. The quantitative estimate of drug-likeness (QED) is 0.368. The second-order valence-corrected chi connectivity index (χ2v) is 6.58. The number of para-hydroxylation sites is 1. The number of hydrazone groups is 1. The number of carbonyl (C=O) groups excluding carboxylic acids is 2. The molecule has 6 heteroatoms. The number of nitrogens with zero attached hydrogens (tertiary/aromatic N) is 1. The fourth-order valence-electron chi connectivity index (χ4n) is 2.00. The van der Waals surface area contributed by atoms with E-state index in [4.69, 9.17) is 11.6 Å². The van der Waals surface area contributed by atoms with Gasteiger partial charge in [0.2, 0.25) is 11.8 Å². The molecule has 2 N–H and O–H groups in total. The summed E-state index contributed by atoms with van der Waals surface area (Å²) in [6, 6.07) is 6.95. The minimum Gasteiger partial charge on any atom is -0.325 e. The zero-order chi connectivity index (χ0) is 19.4. The van der Waals surface area contributed by atoms with Gasteiger partial charge in [0.25, 0.3) is 0 Å². The number of hydrogen-bond donors (Lipinski definition) is 2. The summed E-state index contributed by atoms with van der Waals surface area (Å²) in [5.74, 6) is -0.585. The Hall–Kier alpha value is -2.40. The predicted octanol–water partition coefficient (Wildman–Crippen LogP) is 4.85. The maximum absolute atomic E-state index is 11.8. The molecular weight excluding hydrogens is 350 g/mol. The number of carbonyl (C=O) groups is 2. The lowest BCUT2D eigenvalue weighted by atomic mass is 10.1. The number of anilines is 1. The lowest BCUT2D eigenvalue weighted by Crippen LogP contribution is -2.20. The van der Waals surface area contributed by atoms with Crippen LogP contribution in [0, 0.1) is 0 Å². The van der Waals surface area contributed by atoms with Crippen molar-refractivity contribution in [3.63, 3.8) is 0 Å². The zero-order valence-electron chi connectivity index (χ0n) is 15.5. The van der Waals surface area contributed by atoms with Gasteiger partial charge in [-0.05, 0) is 51.8 Å². The van der Waals surface area contributed by atoms with Gasteiger partial charge in [-0.25, -0.2) is 5.43 Å². The monoisotopic (exact) mass is 375 g/mol. The number of nitrogens with one attached hydrogen (secondary N) is 2. The number of benzene rings is 1. The predicted molar refractivity (Wildman–Crippen MR) is 108 cm³/mol. The second kappa shape index (κ2) is 12.0. The van der Waals surface area contributed by atoms with Crippen LogP contribution in [0.4, 0.5) is 5.69 Å². The third kappa shape index (κ3) is 9.79. The molecule has 0 saturated carbocycles. The molecule has 26 heavy (non-hydrogen) atoms. The average Bonchev–Trinajstić information content (AvgIpc) is 2.58. The Morgan fingerprint density at radius 1 is 1.08 bits per heavy atom. The van der Waals surface area contributed by atoms with Gasteiger partial charge < -0.3 is 5.32 Å². The Labute approximate surface area is 160 Å². The number of hydrogen-bond acceptors (Lipinski definition) is 3. The van der Waals surface area contributed by atoms with Gasteiger partial charge in [-0.2, -0.15) is 5.10 Å². The molecule has 0 unspecified atom stereocenters. The van der Waals surface area contributed by atoms with Crippen molar-refractivity contribution in [2.24, 2.45) is 5.10 Å². The maximum atomic E-state index is 11.8. The first-order chi connectivity index (χ1) is 12.4. The number of rotatable bonds is 9. The Kier molecular flexibility index (Phi) is 10.0. The Bertz CT molecular complexity index is 705. The Morgan fingerprint density at radius 2 is 1.77 bits per heavy atom. The van der Waals surface area contributed by atoms with E-state index in [0.717, 1.165) is 12.8 Å². The lowest BCUT2D eigenvalue weighted by molar-refractivity contribution is -0.124. The highest BCUT2D eigenvalue weighted by atomic mass is 35.5. The molecule has 1 aromatic rings. The minimum absolute atomic E-state index is 0.0525. The maximum Gasteiger partial charge on any atom is 0.240 e. The highest BCUT2D eigenvalue weighted by Crippen LogP contribution is 2.20. The largest absolute Gasteiger partial charge is 0.325 e. The van der Waals surface area contributed by atoms with Crippen molar-refractivity contribution in [3.8, 4) is 0 Å². The van der Waals surface area contributed by atoms with Crippen LogP contribution in [0.2, 0.25) is 5.02 Å². The van der Waals surface area contributed by atoms with E-state index in [1.165, 1.54) is 11.1 Å². The third-order valence-corrected chi connectivity index (χ3v) is 3.77. The zero-order valence-corrected chi connectivity index (χ0v) is 16.3. The highest BCUT2D eigenvalue weighted by molar-refractivity contribution is 6.33. The van der Waals surface area contributed by atoms with Gasteiger partial charge in [-0.3, -0.25) is 9.59 Å². The molecule has 0 atom stereocenters. The van der Waals surface area contributed by atoms with Crippen LogP contribution in [0.25, 0.3) is 0 Å². The summed E-state index contributed by atoms with van der Waals surface area (Å²) in [6.45, 7) is 6.17. The molecule has 0 aliphatic heterocycles. The standard InChI is InChI=1S/C20H26ClN3O2/c1-15(2)7-6-8-16(3)13-14-22-24-20(26)12-11-19(25)23-18-10-5-4-9-17(18)21/h4-5,7,9-10,13-14H,6,8,11-12H2,1-3H3,(H,23,25)(H,24,26)/b16-13+,22-14?. The van der Waals surface area contributed by atoms with Crippen molar-refractivity contribution in [2.45, 2.75) is 46.5 Å². The van der Waals surface area contributed by atoms with Gasteiger partial charge in [0, 0.05) is 19.1 Å². The lowest BCUT2D eigenvalue weighted by Gasteiger charge is -2.06. The third-order valence-electron chi connectivity index (χ3n) is 3.44. The van der Waals surface area contributed by atoms with Crippen molar-refractivity contribution >= 4 is 35.3 Å². The van der Waals surface area contributed by atoms with Crippen LogP contribution in [0.3, 0.4) is 0 Å². The molecule has 0 spiro atoms. The Morgan fingerprint density at radius 3 is 2.46 bits per heavy atom. The first-order valence-corrected chi connectivity index (χ1v) is 8.91. The molecule has 0 aliphatic carbocycles. The SMILES string of the molecule is CC(C)=CCC/C(C)=C/C=NNC(=O)CCC(=O)Nc1ccccc1Cl. The number of amides is 2. The normalized spacial score (nSPS) is 11.3. The smallest absolute Gasteiger partial charge is 0.240 e. The van der Waals surface area contributed by atoms with E-state index in [2.05, 4.69) is 35.8 Å². The van der Waals surface area contributed by atoms with Crippen LogP contribution in [0.1, 0.15) is 46.5 Å². The molecular formula is C20H26ClN3O2. The molecule has 0 saturated heterocycles. The molecule has 0 bridgehead atoms. The van der Waals surface area contributed by atoms with Gasteiger partial charge in [0.15, 0.2) is 0 Å². The van der Waals surface area contributed by atoms with Crippen LogP contribution in [-0.2, 0) is 9.59 Å². The van der Waals surface area contributed by atoms with E-state index in [1.807, 2.05) is 13.0 Å². The molecule has 0 heterocycles. The van der Waals surface area contributed by atoms with E-state index >= 15 is 0 Å². The first-order valence-electron chi connectivity index (χ1n) is 8.54. The summed E-state index contributed by atoms with van der Waals surface area (Å²) >= 11 is 5.97. The first kappa shape index (κ1) is 21.6. The summed E-state index contributed by atoms with van der Waals surface area (Å²) in [4.78, 5) is 23.5. The highest BCUT2D eigenvalue weighted by Gasteiger charge is 2.08. The second-order valence-electron chi connectivity index (χ2n) is 6.17. The molecule has 2 amide bonds. The van der Waals surface area contributed by atoms with E-state index in [1.54, 1.807) is 30.5 Å². The van der Waals surface area contributed by atoms with Crippen molar-refractivity contribution < 1.29 is 9.59 Å². The fourth-order valence-corrected chi connectivity index (χ4v) is 2.19. The number of allylic oxidation sites excluding steroid dienone is 4. The summed E-state index contributed by atoms with van der Waals surface area (Å²) in [5.41, 5.74) is 5.43. The van der Waals surface area contributed by atoms with Crippen molar-refractivity contribution in [1.29, 1.82) is 0 Å². The topological polar surface area (TPSA) is 70.6 Å². The molecule has 0 fully saturated rings. The Balaban J connectivity index is 2.28. The van der Waals surface area contributed by atoms with Gasteiger partial charge >= 0.3 is 0 Å². The van der Waals surface area contributed by atoms with Gasteiger partial charge in [-0.15, -0.1) is 0 Å². The molecule has 1 aromatic carbocycles. The van der Waals surface area contributed by atoms with Gasteiger partial charge in [0.05, 0.1) is 10.7 Å². The van der Waals surface area contributed by atoms with Crippen LogP contribution >= 0.6 is 11.6 Å². The molecule has 0 aliphatic rings.